The van der Waals surface area contributed by atoms with E-state index in [1.54, 1.807) is 17.7 Å². The van der Waals surface area contributed by atoms with E-state index in [1.807, 2.05) is 17.0 Å². The third-order valence-corrected chi connectivity index (χ3v) is 4.71. The Kier molecular flexibility index (Phi) is 3.28. The Balaban J connectivity index is 1.76. The Morgan fingerprint density at radius 3 is 2.86 bits per heavy atom. The first-order valence-electron chi connectivity index (χ1n) is 9.16. The summed E-state index contributed by atoms with van der Waals surface area (Å²) in [7, 11) is -2.43. The highest BCUT2D eigenvalue weighted by Crippen LogP contribution is 2.35. The number of benzene rings is 1. The van der Waals surface area contributed by atoms with Crippen LogP contribution in [0.1, 0.15) is 41.8 Å². The van der Waals surface area contributed by atoms with Gasteiger partial charge in [-0.1, -0.05) is 17.7 Å². The van der Waals surface area contributed by atoms with E-state index >= 15 is 0 Å². The Bertz CT molecular complexity index is 622. The van der Waals surface area contributed by atoms with Crippen LogP contribution in [0.5, 0.6) is 5.75 Å². The lowest BCUT2D eigenvalue weighted by Gasteiger charge is -2.39. The summed E-state index contributed by atoms with van der Waals surface area (Å²) in [6.07, 6.45) is 7.46. The molecule has 0 saturated heterocycles. The van der Waals surface area contributed by atoms with Crippen LogP contribution < -0.4 is 4.74 Å². The van der Waals surface area contributed by atoms with Gasteiger partial charge in [0.25, 0.3) is 0 Å². The monoisotopic (exact) mass is 288 g/mol. The molecule has 0 radical (unpaired) electrons. The molecule has 1 aromatic rings. The molecule has 3 rings (SSSR count). The summed E-state index contributed by atoms with van der Waals surface area (Å²) in [6, 6.07) is 7.29. The maximum atomic E-state index is 11.5. The summed E-state index contributed by atoms with van der Waals surface area (Å²) in [4.78, 5) is 13.4. The molecule has 0 unspecified atom stereocenters. The number of methoxy groups -OCH3 is 1. The zero-order valence-corrected chi connectivity index (χ0v) is 12.2. The topological polar surface area (TPSA) is 29.5 Å². The molecule has 3 heteroatoms. The highest BCUT2D eigenvalue weighted by atomic mass is 16.5. The maximum absolute atomic E-state index is 11.5. The molecule has 0 spiro atoms. The molecule has 3 nitrogen and oxygen atoms in total. The van der Waals surface area contributed by atoms with Gasteiger partial charge in [0.05, 0.1) is 17.2 Å². The molecule has 0 saturated carbocycles. The molecule has 2 aliphatic rings. The first-order valence-corrected chi connectivity index (χ1v) is 7.66. The van der Waals surface area contributed by atoms with Gasteiger partial charge in [-0.25, -0.2) is 0 Å². The average Bonchev–Trinajstić information content (AvgIpc) is 2.55. The van der Waals surface area contributed by atoms with Crippen molar-refractivity contribution in [3.63, 3.8) is 0 Å². The third kappa shape index (κ3) is 2.97. The van der Waals surface area contributed by atoms with E-state index in [1.165, 1.54) is 24.8 Å². The van der Waals surface area contributed by atoms with Crippen molar-refractivity contribution in [2.24, 2.45) is 0 Å². The molecule has 21 heavy (non-hydrogen) atoms. The summed E-state index contributed by atoms with van der Waals surface area (Å²) in [5, 5.41) is 0. The fraction of sp³-hybridized carbons (Fsp3) is 0.500. The van der Waals surface area contributed by atoms with Crippen LogP contribution in [0.2, 0.25) is 0 Å². The largest absolute Gasteiger partial charge is 0.497 e. The molecule has 1 aliphatic carbocycles. The molecule has 0 N–H and O–H groups in total. The molecule has 1 atom stereocenters. The van der Waals surface area contributed by atoms with Crippen LogP contribution in [-0.2, 0) is 11.2 Å². The first kappa shape index (κ1) is 10.9. The van der Waals surface area contributed by atoms with E-state index in [4.69, 9.17) is 8.85 Å². The Labute approximate surface area is 130 Å². The molecule has 112 valence electrons. The lowest BCUT2D eigenvalue weighted by atomic mass is 9.80. The van der Waals surface area contributed by atoms with E-state index in [0.717, 1.165) is 37.8 Å². The van der Waals surface area contributed by atoms with Gasteiger partial charge in [0.15, 0.2) is 0 Å². The second-order valence-corrected chi connectivity index (χ2v) is 5.90. The van der Waals surface area contributed by atoms with Gasteiger partial charge in [-0.15, -0.1) is 0 Å². The molecule has 0 fully saturated rings. The zero-order valence-electron chi connectivity index (χ0n) is 15.2. The normalized spacial score (nSPS) is 24.7. The molecule has 1 aromatic carbocycles. The highest BCUT2D eigenvalue weighted by molar-refractivity contribution is 5.51. The molecule has 0 bridgehead atoms. The minimum absolute atomic E-state index is 0.140. The van der Waals surface area contributed by atoms with Gasteiger partial charge in [0, 0.05) is 6.54 Å². The molecule has 0 aromatic heterocycles. The van der Waals surface area contributed by atoms with Gasteiger partial charge in [-0.05, 0) is 61.8 Å². The van der Waals surface area contributed by atoms with Crippen LogP contribution in [0.25, 0.3) is 0 Å². The van der Waals surface area contributed by atoms with E-state index in [-0.39, 0.29) is 6.04 Å². The Hall–Kier alpha value is -1.77. The predicted molar refractivity (Wildman–Crippen MR) is 83.4 cm³/mol. The number of ether oxygens (including phenoxy) is 1. The van der Waals surface area contributed by atoms with Crippen LogP contribution in [0.15, 0.2) is 35.4 Å². The van der Waals surface area contributed by atoms with E-state index in [0.29, 0.717) is 5.75 Å². The summed E-state index contributed by atoms with van der Waals surface area (Å²) in [6.45, 7) is 0.799. The van der Waals surface area contributed by atoms with E-state index in [9.17, 15) is 4.79 Å². The van der Waals surface area contributed by atoms with Gasteiger partial charge in [-0.3, -0.25) is 4.79 Å². The number of carbonyl (C=O) groups is 1. The van der Waals surface area contributed by atoms with Gasteiger partial charge >= 0.3 is 0 Å². The van der Waals surface area contributed by atoms with E-state index in [2.05, 4.69) is 0 Å². The van der Waals surface area contributed by atoms with Crippen molar-refractivity contribution in [1.29, 1.82) is 0 Å². The molecule has 1 amide bonds. The average molecular weight is 288 g/mol. The number of rotatable bonds is 4. The molecular weight excluding hydrogens is 262 g/mol. The Morgan fingerprint density at radius 1 is 1.29 bits per heavy atom. The van der Waals surface area contributed by atoms with Gasteiger partial charge in [0.2, 0.25) is 6.41 Å². The van der Waals surface area contributed by atoms with Crippen LogP contribution >= 0.6 is 0 Å². The summed E-state index contributed by atoms with van der Waals surface area (Å²) < 4.78 is 26.3. The molecule has 1 aliphatic heterocycles. The van der Waals surface area contributed by atoms with Crippen molar-refractivity contribution in [1.82, 2.24) is 4.90 Å². The fourth-order valence-electron chi connectivity index (χ4n) is 3.58. The number of nitrogens with zero attached hydrogens (tertiary/aromatic N) is 1. The molecule has 1 heterocycles. The maximum Gasteiger partial charge on any atom is 0.210 e. The zero-order chi connectivity index (χ0) is 17.2. The number of carbonyl (C=O) groups excluding carboxylic acids is 1. The minimum atomic E-state index is -2.43. The van der Waals surface area contributed by atoms with Crippen LogP contribution in [0.3, 0.4) is 0 Å². The van der Waals surface area contributed by atoms with Crippen LogP contribution in [0, 0.1) is 0 Å². The van der Waals surface area contributed by atoms with Crippen molar-refractivity contribution >= 4 is 6.41 Å². The summed E-state index contributed by atoms with van der Waals surface area (Å²) in [5.41, 5.74) is 4.08. The number of amides is 1. The van der Waals surface area contributed by atoms with Crippen molar-refractivity contribution in [2.75, 3.05) is 13.6 Å². The lowest BCUT2D eigenvalue weighted by molar-refractivity contribution is -0.119. The Morgan fingerprint density at radius 2 is 2.10 bits per heavy atom. The second-order valence-electron chi connectivity index (χ2n) is 5.90. The van der Waals surface area contributed by atoms with Gasteiger partial charge in [-0.2, -0.15) is 0 Å². The van der Waals surface area contributed by atoms with Gasteiger partial charge < -0.3 is 9.64 Å². The smallest absolute Gasteiger partial charge is 0.210 e. The third-order valence-electron chi connectivity index (χ3n) is 4.71. The van der Waals surface area contributed by atoms with Crippen LogP contribution in [0.4, 0.5) is 0 Å². The quantitative estimate of drug-likeness (QED) is 0.628. The SMILES string of the molecule is [2H]C([2H])([2H])Oc1ccc(C[C@H]2C3=C(CCCC3)CCN2C=O)cc1. The predicted octanol–water partition coefficient (Wildman–Crippen LogP) is 3.34. The minimum Gasteiger partial charge on any atom is -0.497 e. The summed E-state index contributed by atoms with van der Waals surface area (Å²) >= 11 is 0. The van der Waals surface area contributed by atoms with Crippen molar-refractivity contribution < 1.29 is 13.6 Å². The fourth-order valence-corrected chi connectivity index (χ4v) is 3.58. The lowest BCUT2D eigenvalue weighted by Crippen LogP contribution is -2.42. The first-order chi connectivity index (χ1) is 11.5. The number of hydrogen-bond donors (Lipinski definition) is 0. The second kappa shape index (κ2) is 6.33. The van der Waals surface area contributed by atoms with E-state index < -0.39 is 7.04 Å². The standard InChI is InChI=1S/C18H23NO2/c1-21-16-8-6-14(7-9-16)12-18-17-5-3-2-4-15(17)10-11-19(18)13-20/h6-9,13,18H,2-5,10-12H2,1H3/t18-/m0/s1/i1D3. The summed E-state index contributed by atoms with van der Waals surface area (Å²) in [5.74, 6) is 0.340. The molecular formula is C18H23NO2. The van der Waals surface area contributed by atoms with Gasteiger partial charge in [0.1, 0.15) is 5.75 Å². The van der Waals surface area contributed by atoms with Crippen molar-refractivity contribution in [3.05, 3.63) is 41.0 Å². The van der Waals surface area contributed by atoms with Crippen LogP contribution in [-0.4, -0.2) is 30.9 Å². The number of hydrogen-bond acceptors (Lipinski definition) is 2. The van der Waals surface area contributed by atoms with Crippen molar-refractivity contribution in [3.8, 4) is 5.75 Å². The van der Waals surface area contributed by atoms with Crippen molar-refractivity contribution in [2.45, 2.75) is 44.6 Å². The highest BCUT2D eigenvalue weighted by Gasteiger charge is 2.29.